The van der Waals surface area contributed by atoms with Gasteiger partial charge in [0.05, 0.1) is 23.9 Å². The van der Waals surface area contributed by atoms with Crippen molar-refractivity contribution in [3.05, 3.63) is 88.7 Å². The number of imide groups is 1. The molecule has 3 aromatic carbocycles. The van der Waals surface area contributed by atoms with Gasteiger partial charge in [-0.3, -0.25) is 19.7 Å². The predicted octanol–water partition coefficient (Wildman–Crippen LogP) is 4.80. The summed E-state index contributed by atoms with van der Waals surface area (Å²) in [5.74, 6) is -0.704. The third-order valence-electron chi connectivity index (χ3n) is 8.02. The molecule has 0 aliphatic carbocycles. The van der Waals surface area contributed by atoms with Crippen molar-refractivity contribution >= 4 is 35.2 Å². The zero-order valence-electron chi connectivity index (χ0n) is 22.8. The monoisotopic (exact) mass is 584 g/mol. The molecule has 6 rings (SSSR count). The fourth-order valence-electron chi connectivity index (χ4n) is 5.76. The van der Waals surface area contributed by atoms with Crippen molar-refractivity contribution in [2.45, 2.75) is 55.0 Å². The summed E-state index contributed by atoms with van der Waals surface area (Å²) in [5, 5.41) is 11.7. The van der Waals surface area contributed by atoms with Gasteiger partial charge in [-0.2, -0.15) is 5.26 Å². The van der Waals surface area contributed by atoms with E-state index in [1.54, 1.807) is 24.3 Å². The molecule has 214 valence electrons. The van der Waals surface area contributed by atoms with Crippen molar-refractivity contribution < 1.29 is 23.5 Å². The molecule has 0 aromatic heterocycles. The first-order valence-electron chi connectivity index (χ1n) is 14.0. The number of nitriles is 1. The van der Waals surface area contributed by atoms with Crippen molar-refractivity contribution in [3.63, 3.8) is 0 Å². The molecule has 3 heterocycles. The molecule has 8 nitrogen and oxygen atoms in total. The largest absolute Gasteiger partial charge is 0.489 e. The number of nitrogens with zero attached hydrogens (tertiary/aromatic N) is 3. The van der Waals surface area contributed by atoms with Crippen molar-refractivity contribution in [1.82, 2.24) is 10.2 Å². The number of anilines is 1. The lowest BCUT2D eigenvalue weighted by atomic mass is 10.0. The van der Waals surface area contributed by atoms with Crippen LogP contribution in [0.15, 0.2) is 65.6 Å². The minimum Gasteiger partial charge on any atom is -0.489 e. The number of carbonyl (C=O) groups is 3. The number of ether oxygens (including phenoxy) is 1. The average Bonchev–Trinajstić information content (AvgIpc) is 3.33. The Morgan fingerprint density at radius 1 is 1.02 bits per heavy atom. The van der Waals surface area contributed by atoms with Gasteiger partial charge in [0.15, 0.2) is 0 Å². The molecule has 1 N–H and O–H groups in total. The van der Waals surface area contributed by atoms with E-state index in [0.717, 1.165) is 42.0 Å². The van der Waals surface area contributed by atoms with Crippen molar-refractivity contribution in [2.75, 3.05) is 18.0 Å². The number of carbonyl (C=O) groups excluding carboxylic acids is 3. The average molecular weight is 585 g/mol. The van der Waals surface area contributed by atoms with E-state index in [0.29, 0.717) is 40.8 Å². The van der Waals surface area contributed by atoms with E-state index in [2.05, 4.69) is 17.4 Å². The second kappa shape index (κ2) is 11.9. The first-order valence-corrected chi connectivity index (χ1v) is 14.9. The highest BCUT2D eigenvalue weighted by atomic mass is 32.2. The third-order valence-corrected chi connectivity index (χ3v) is 9.37. The van der Waals surface area contributed by atoms with Gasteiger partial charge in [-0.15, -0.1) is 11.8 Å². The lowest BCUT2D eigenvalue weighted by Crippen LogP contribution is -2.52. The standard InChI is InChI=1S/C32H29FN4O4S/c33-26-16-21(17-34)6-9-27(26)36-14-12-23(13-15-36)42-22-7-4-20(5-8-22)19-41-29-3-1-2-24-25(29)18-37(32(24)40)28-10-11-30(38)35-31(28)39/h1-9,16,23,28H,10-15,18-19H2,(H,35,38,39)/t28-/m0/s1. The van der Waals surface area contributed by atoms with E-state index >= 15 is 0 Å². The number of amides is 3. The topological polar surface area (TPSA) is 103 Å². The van der Waals surface area contributed by atoms with E-state index in [9.17, 15) is 18.8 Å². The minimum atomic E-state index is -0.662. The van der Waals surface area contributed by atoms with Gasteiger partial charge in [-0.25, -0.2) is 4.39 Å². The van der Waals surface area contributed by atoms with Crippen LogP contribution in [0.3, 0.4) is 0 Å². The molecule has 0 spiro atoms. The van der Waals surface area contributed by atoms with Crippen molar-refractivity contribution in [2.24, 2.45) is 0 Å². The SMILES string of the molecule is N#Cc1ccc(N2CCC(Sc3ccc(COc4cccc5c4CN([C@H]4CCC(=O)NC4=O)C5=O)cc3)CC2)c(F)c1. The number of hydrogen-bond donors (Lipinski definition) is 1. The molecule has 0 bridgehead atoms. The van der Waals surface area contributed by atoms with Gasteiger partial charge in [-0.1, -0.05) is 18.2 Å². The van der Waals surface area contributed by atoms with Crippen LogP contribution in [-0.4, -0.2) is 47.0 Å². The van der Waals surface area contributed by atoms with Crippen LogP contribution >= 0.6 is 11.8 Å². The van der Waals surface area contributed by atoms with E-state index in [4.69, 9.17) is 10.00 Å². The highest BCUT2D eigenvalue weighted by Gasteiger charge is 2.40. The third kappa shape index (κ3) is 5.70. The Morgan fingerprint density at radius 3 is 2.52 bits per heavy atom. The second-order valence-corrected chi connectivity index (χ2v) is 12.1. The smallest absolute Gasteiger partial charge is 0.255 e. The van der Waals surface area contributed by atoms with Gasteiger partial charge in [0.1, 0.15) is 24.2 Å². The molecule has 2 fully saturated rings. The predicted molar refractivity (Wildman–Crippen MR) is 155 cm³/mol. The minimum absolute atomic E-state index is 0.214. The van der Waals surface area contributed by atoms with E-state index in [1.807, 2.05) is 40.9 Å². The first-order chi connectivity index (χ1) is 20.4. The Labute approximate surface area is 247 Å². The van der Waals surface area contributed by atoms with Crippen LogP contribution in [0.4, 0.5) is 10.1 Å². The fraction of sp³-hybridized carbons (Fsp3) is 0.312. The molecule has 2 saturated heterocycles. The Bertz CT molecular complexity index is 1580. The van der Waals surface area contributed by atoms with E-state index in [1.165, 1.54) is 11.0 Å². The van der Waals surface area contributed by atoms with Crippen LogP contribution in [0.5, 0.6) is 5.75 Å². The molecule has 0 radical (unpaired) electrons. The Kier molecular flexibility index (Phi) is 7.85. The molecular formula is C32H29FN4O4S. The van der Waals surface area contributed by atoms with Crippen LogP contribution < -0.4 is 15.0 Å². The number of halogens is 1. The molecular weight excluding hydrogens is 555 g/mol. The zero-order valence-corrected chi connectivity index (χ0v) is 23.7. The summed E-state index contributed by atoms with van der Waals surface area (Å²) in [5.41, 5.74) is 3.16. The number of fused-ring (bicyclic) bond motifs is 1. The van der Waals surface area contributed by atoms with E-state index < -0.39 is 11.9 Å². The molecule has 1 atom stereocenters. The van der Waals surface area contributed by atoms with Crippen molar-refractivity contribution in [3.8, 4) is 11.8 Å². The first kappa shape index (κ1) is 27.8. The summed E-state index contributed by atoms with van der Waals surface area (Å²) in [4.78, 5) is 41.7. The zero-order chi connectivity index (χ0) is 29.2. The van der Waals surface area contributed by atoms with Gasteiger partial charge in [0.2, 0.25) is 11.8 Å². The molecule has 3 aliphatic rings. The van der Waals surface area contributed by atoms with Crippen LogP contribution in [0.2, 0.25) is 0 Å². The number of nitrogens with one attached hydrogen (secondary N) is 1. The van der Waals surface area contributed by atoms with Gasteiger partial charge >= 0.3 is 0 Å². The van der Waals surface area contributed by atoms with Gasteiger partial charge in [0, 0.05) is 40.8 Å². The normalized spacial score (nSPS) is 19.0. The Hall–Kier alpha value is -4.36. The second-order valence-electron chi connectivity index (χ2n) is 10.7. The number of hydrogen-bond acceptors (Lipinski definition) is 7. The summed E-state index contributed by atoms with van der Waals surface area (Å²) in [6, 6.07) is 19.5. The van der Waals surface area contributed by atoms with Crippen LogP contribution in [0.1, 0.15) is 52.7 Å². The molecule has 42 heavy (non-hydrogen) atoms. The molecule has 0 saturated carbocycles. The molecule has 10 heteroatoms. The summed E-state index contributed by atoms with van der Waals surface area (Å²) in [7, 11) is 0. The molecule has 3 amide bonds. The number of benzene rings is 3. The number of rotatable bonds is 7. The summed E-state index contributed by atoms with van der Waals surface area (Å²) in [6.07, 6.45) is 2.40. The summed E-state index contributed by atoms with van der Waals surface area (Å²) < 4.78 is 20.6. The molecule has 3 aromatic rings. The summed E-state index contributed by atoms with van der Waals surface area (Å²) in [6.45, 7) is 2.12. The molecule has 0 unspecified atom stereocenters. The van der Waals surface area contributed by atoms with E-state index in [-0.39, 0.29) is 30.6 Å². The highest BCUT2D eigenvalue weighted by molar-refractivity contribution is 8.00. The maximum Gasteiger partial charge on any atom is 0.255 e. The van der Waals surface area contributed by atoms with Crippen LogP contribution in [0, 0.1) is 17.1 Å². The lowest BCUT2D eigenvalue weighted by Gasteiger charge is -2.33. The lowest BCUT2D eigenvalue weighted by molar-refractivity contribution is -0.136. The quantitative estimate of drug-likeness (QED) is 0.398. The van der Waals surface area contributed by atoms with Crippen LogP contribution in [-0.2, 0) is 22.7 Å². The maximum absolute atomic E-state index is 14.4. The van der Waals surface area contributed by atoms with Gasteiger partial charge < -0.3 is 14.5 Å². The molecule has 3 aliphatic heterocycles. The van der Waals surface area contributed by atoms with Crippen molar-refractivity contribution in [1.29, 1.82) is 5.26 Å². The van der Waals surface area contributed by atoms with Crippen LogP contribution in [0.25, 0.3) is 0 Å². The highest BCUT2D eigenvalue weighted by Crippen LogP contribution is 2.35. The number of piperidine rings is 2. The van der Waals surface area contributed by atoms with Gasteiger partial charge in [0.25, 0.3) is 5.91 Å². The van der Waals surface area contributed by atoms with Gasteiger partial charge in [-0.05, 0) is 67.3 Å². The number of thioether (sulfide) groups is 1. The Balaban J connectivity index is 1.02. The maximum atomic E-state index is 14.4. The Morgan fingerprint density at radius 2 is 1.81 bits per heavy atom. The summed E-state index contributed by atoms with van der Waals surface area (Å²) >= 11 is 1.82. The fourth-order valence-corrected chi connectivity index (χ4v) is 6.88.